The number of hydrogen-bond acceptors (Lipinski definition) is 6. The predicted octanol–water partition coefficient (Wildman–Crippen LogP) is 4.88. The van der Waals surface area contributed by atoms with Gasteiger partial charge in [-0.2, -0.15) is 0 Å². The zero-order chi connectivity index (χ0) is 24.4. The summed E-state index contributed by atoms with van der Waals surface area (Å²) < 4.78 is 5.53. The fourth-order valence-corrected chi connectivity index (χ4v) is 5.64. The molecule has 2 amide bonds. The van der Waals surface area contributed by atoms with Crippen molar-refractivity contribution in [2.45, 2.75) is 37.6 Å². The molecule has 0 bridgehead atoms. The van der Waals surface area contributed by atoms with E-state index in [2.05, 4.69) is 39.9 Å². The van der Waals surface area contributed by atoms with Crippen LogP contribution in [0.5, 0.6) is 0 Å². The second-order valence-electron chi connectivity index (χ2n) is 8.86. The van der Waals surface area contributed by atoms with Gasteiger partial charge >= 0.3 is 12.1 Å². The molecule has 1 aromatic heterocycles. The SMILES string of the molecule is O=C(Nc1nc(C(=O)N[C@@H]2CCC[C@@H](C(=O)O)C2)cs1)OCC1c2ccccc2-c2ccccc21. The number of benzene rings is 2. The van der Waals surface area contributed by atoms with Gasteiger partial charge in [-0.1, -0.05) is 55.0 Å². The van der Waals surface area contributed by atoms with Gasteiger partial charge in [0.2, 0.25) is 0 Å². The highest BCUT2D eigenvalue weighted by Gasteiger charge is 2.30. The number of aliphatic carboxylic acids is 1. The van der Waals surface area contributed by atoms with Gasteiger partial charge in [-0.15, -0.1) is 11.3 Å². The van der Waals surface area contributed by atoms with Crippen LogP contribution in [0.4, 0.5) is 9.93 Å². The number of hydrogen-bond donors (Lipinski definition) is 3. The molecule has 3 N–H and O–H groups in total. The molecular weight excluding hydrogens is 466 g/mol. The average Bonchev–Trinajstić information content (AvgIpc) is 3.46. The maximum Gasteiger partial charge on any atom is 0.413 e. The van der Waals surface area contributed by atoms with Gasteiger partial charge in [0.05, 0.1) is 5.92 Å². The minimum absolute atomic E-state index is 0.0455. The lowest BCUT2D eigenvalue weighted by Gasteiger charge is -2.27. The van der Waals surface area contributed by atoms with Crippen LogP contribution < -0.4 is 10.6 Å². The maximum atomic E-state index is 12.6. The zero-order valence-electron chi connectivity index (χ0n) is 18.9. The molecule has 2 aliphatic carbocycles. The van der Waals surface area contributed by atoms with Crippen molar-refractivity contribution in [3.8, 4) is 11.1 Å². The molecule has 180 valence electrons. The quantitative estimate of drug-likeness (QED) is 0.453. The van der Waals surface area contributed by atoms with E-state index in [0.29, 0.717) is 12.8 Å². The minimum Gasteiger partial charge on any atom is -0.481 e. The normalized spacial score (nSPS) is 18.9. The van der Waals surface area contributed by atoms with Crippen LogP contribution in [0.25, 0.3) is 11.1 Å². The van der Waals surface area contributed by atoms with Crippen LogP contribution in [0.2, 0.25) is 0 Å². The van der Waals surface area contributed by atoms with Crippen LogP contribution >= 0.6 is 11.3 Å². The minimum atomic E-state index is -0.827. The summed E-state index contributed by atoms with van der Waals surface area (Å²) in [5.74, 6) is -1.68. The number of carbonyl (C=O) groups excluding carboxylic acids is 2. The monoisotopic (exact) mass is 491 g/mol. The average molecular weight is 492 g/mol. The van der Waals surface area contributed by atoms with Crippen molar-refractivity contribution in [2.24, 2.45) is 5.92 Å². The second-order valence-corrected chi connectivity index (χ2v) is 9.72. The van der Waals surface area contributed by atoms with Gasteiger partial charge in [-0.05, 0) is 41.5 Å². The molecule has 2 aliphatic rings. The van der Waals surface area contributed by atoms with Crippen molar-refractivity contribution < 1.29 is 24.2 Å². The van der Waals surface area contributed by atoms with Crippen LogP contribution in [-0.2, 0) is 9.53 Å². The molecule has 0 saturated heterocycles. The number of carboxylic acid groups (broad SMARTS) is 1. The molecule has 2 atom stereocenters. The summed E-state index contributed by atoms with van der Waals surface area (Å²) >= 11 is 1.13. The highest BCUT2D eigenvalue weighted by Crippen LogP contribution is 2.44. The number of aromatic nitrogens is 1. The lowest BCUT2D eigenvalue weighted by Crippen LogP contribution is -2.40. The maximum absolute atomic E-state index is 12.6. The number of rotatable bonds is 6. The smallest absolute Gasteiger partial charge is 0.413 e. The number of carboxylic acids is 1. The topological polar surface area (TPSA) is 118 Å². The van der Waals surface area contributed by atoms with Crippen molar-refractivity contribution in [2.75, 3.05) is 11.9 Å². The van der Waals surface area contributed by atoms with E-state index in [4.69, 9.17) is 4.74 Å². The van der Waals surface area contributed by atoms with Crippen molar-refractivity contribution in [1.82, 2.24) is 10.3 Å². The van der Waals surface area contributed by atoms with Crippen molar-refractivity contribution >= 4 is 34.4 Å². The summed E-state index contributed by atoms with van der Waals surface area (Å²) in [7, 11) is 0. The van der Waals surface area contributed by atoms with E-state index in [-0.39, 0.29) is 35.3 Å². The van der Waals surface area contributed by atoms with E-state index in [1.807, 2.05) is 24.3 Å². The highest BCUT2D eigenvalue weighted by atomic mass is 32.1. The third-order valence-electron chi connectivity index (χ3n) is 6.65. The summed E-state index contributed by atoms with van der Waals surface area (Å²) in [4.78, 5) is 40.5. The lowest BCUT2D eigenvalue weighted by molar-refractivity contribution is -0.143. The Kier molecular flexibility index (Phi) is 6.50. The first kappa shape index (κ1) is 23.0. The Balaban J connectivity index is 1.17. The summed E-state index contributed by atoms with van der Waals surface area (Å²) in [6.07, 6.45) is 1.91. The van der Waals surface area contributed by atoms with Crippen LogP contribution in [0.3, 0.4) is 0 Å². The van der Waals surface area contributed by atoms with Crippen molar-refractivity contribution in [3.63, 3.8) is 0 Å². The number of ether oxygens (including phenoxy) is 1. The first-order valence-corrected chi connectivity index (χ1v) is 12.5. The molecule has 0 radical (unpaired) electrons. The van der Waals surface area contributed by atoms with Crippen LogP contribution in [-0.4, -0.2) is 40.7 Å². The molecule has 5 rings (SSSR count). The molecule has 1 saturated carbocycles. The Bertz CT molecular complexity index is 1230. The number of fused-ring (bicyclic) bond motifs is 3. The molecule has 8 nitrogen and oxygen atoms in total. The molecule has 0 unspecified atom stereocenters. The number of nitrogens with zero attached hydrogens (tertiary/aromatic N) is 1. The van der Waals surface area contributed by atoms with Crippen LogP contribution in [0.1, 0.15) is 53.2 Å². The third kappa shape index (κ3) is 4.90. The Morgan fingerprint density at radius 1 is 1.03 bits per heavy atom. The molecule has 1 fully saturated rings. The van der Waals surface area contributed by atoms with Gasteiger partial charge in [-0.3, -0.25) is 14.9 Å². The van der Waals surface area contributed by atoms with E-state index in [0.717, 1.165) is 46.4 Å². The fraction of sp³-hybridized carbons (Fsp3) is 0.308. The molecule has 2 aromatic carbocycles. The lowest BCUT2D eigenvalue weighted by atomic mass is 9.86. The number of thiazole rings is 1. The number of nitrogens with one attached hydrogen (secondary N) is 2. The first-order chi connectivity index (χ1) is 17.0. The summed E-state index contributed by atoms with van der Waals surface area (Å²) in [6, 6.07) is 16.0. The standard InChI is InChI=1S/C26H25N3O5S/c30-23(27-16-7-5-6-15(12-16)24(31)32)22-14-35-25(28-22)29-26(33)34-13-21-19-10-3-1-8-17(19)18-9-2-4-11-20(18)21/h1-4,8-11,14-16,21H,5-7,12-13H2,(H,27,30)(H,31,32)(H,28,29,33)/t15-,16-/m1/s1. The molecule has 0 spiro atoms. The summed E-state index contributed by atoms with van der Waals surface area (Å²) in [5, 5.41) is 16.5. The van der Waals surface area contributed by atoms with Crippen LogP contribution in [0, 0.1) is 5.92 Å². The highest BCUT2D eigenvalue weighted by molar-refractivity contribution is 7.14. The third-order valence-corrected chi connectivity index (χ3v) is 7.41. The van der Waals surface area contributed by atoms with E-state index in [1.165, 1.54) is 0 Å². The predicted molar refractivity (Wildman–Crippen MR) is 132 cm³/mol. The Morgan fingerprint density at radius 2 is 1.71 bits per heavy atom. The molecule has 35 heavy (non-hydrogen) atoms. The van der Waals surface area contributed by atoms with E-state index < -0.39 is 18.0 Å². The van der Waals surface area contributed by atoms with Gasteiger partial charge < -0.3 is 15.2 Å². The Morgan fingerprint density at radius 3 is 2.40 bits per heavy atom. The molecule has 3 aromatic rings. The van der Waals surface area contributed by atoms with Gasteiger partial charge in [0.1, 0.15) is 12.3 Å². The zero-order valence-corrected chi connectivity index (χ0v) is 19.7. The molecule has 1 heterocycles. The Hall–Kier alpha value is -3.72. The van der Waals surface area contributed by atoms with E-state index in [1.54, 1.807) is 5.38 Å². The number of carbonyl (C=O) groups is 3. The van der Waals surface area contributed by atoms with Gasteiger partial charge in [-0.25, -0.2) is 9.78 Å². The summed E-state index contributed by atoms with van der Waals surface area (Å²) in [6.45, 7) is 0.186. The van der Waals surface area contributed by atoms with Gasteiger partial charge in [0, 0.05) is 17.3 Å². The first-order valence-electron chi connectivity index (χ1n) is 11.6. The van der Waals surface area contributed by atoms with E-state index in [9.17, 15) is 19.5 Å². The van der Waals surface area contributed by atoms with Crippen molar-refractivity contribution in [1.29, 1.82) is 0 Å². The number of amides is 2. The van der Waals surface area contributed by atoms with Crippen molar-refractivity contribution in [3.05, 3.63) is 70.7 Å². The molecular formula is C26H25N3O5S. The molecule has 0 aliphatic heterocycles. The fourth-order valence-electron chi connectivity index (χ4n) is 4.96. The largest absolute Gasteiger partial charge is 0.481 e. The van der Waals surface area contributed by atoms with Crippen LogP contribution in [0.15, 0.2) is 53.9 Å². The Labute approximate surface area is 206 Å². The summed E-state index contributed by atoms with van der Waals surface area (Å²) in [5.41, 5.74) is 4.74. The molecule has 9 heteroatoms. The van der Waals surface area contributed by atoms with Gasteiger partial charge in [0.25, 0.3) is 5.91 Å². The van der Waals surface area contributed by atoms with Gasteiger partial charge in [0.15, 0.2) is 5.13 Å². The second kappa shape index (κ2) is 9.87. The van der Waals surface area contributed by atoms with E-state index >= 15 is 0 Å². The number of anilines is 1.